The number of nitrogens with one attached hydrogen (secondary N) is 1. The zero-order valence-electron chi connectivity index (χ0n) is 5.74. The van der Waals surface area contributed by atoms with Crippen LogP contribution in [-0.4, -0.2) is 10.2 Å². The van der Waals surface area contributed by atoms with Gasteiger partial charge in [-0.15, -0.1) is 5.10 Å². The van der Waals surface area contributed by atoms with E-state index in [2.05, 4.69) is 26.1 Å². The largest absolute Gasteiger partial charge is 0.274 e. The maximum Gasteiger partial charge on any atom is 0.240 e. The van der Waals surface area contributed by atoms with E-state index in [4.69, 9.17) is 11.6 Å². The summed E-state index contributed by atoms with van der Waals surface area (Å²) < 4.78 is 13.6. The zero-order chi connectivity index (χ0) is 8.72. The highest BCUT2D eigenvalue weighted by Crippen LogP contribution is 2.27. The Bertz CT molecular complexity index is 440. The van der Waals surface area contributed by atoms with Crippen molar-refractivity contribution in [2.45, 2.75) is 0 Å². The van der Waals surface area contributed by atoms with Gasteiger partial charge in [-0.3, -0.25) is 5.10 Å². The summed E-state index contributed by atoms with van der Waals surface area (Å²) in [5, 5.41) is 6.85. The second-order valence-corrected chi connectivity index (χ2v) is 3.62. The number of benzene rings is 1. The third kappa shape index (κ3) is 1.11. The average Bonchev–Trinajstić information content (AvgIpc) is 2.33. The van der Waals surface area contributed by atoms with Gasteiger partial charge < -0.3 is 0 Å². The first kappa shape index (κ1) is 8.01. The van der Waals surface area contributed by atoms with Gasteiger partial charge in [-0.05, 0) is 28.1 Å². The van der Waals surface area contributed by atoms with Crippen molar-refractivity contribution in [1.82, 2.24) is 10.2 Å². The third-order valence-electron chi connectivity index (χ3n) is 1.54. The van der Waals surface area contributed by atoms with Crippen molar-refractivity contribution in [2.24, 2.45) is 0 Å². The normalized spacial score (nSPS) is 10.9. The quantitative estimate of drug-likeness (QED) is 0.763. The average molecular weight is 249 g/mol. The Hall–Kier alpha value is -0.610. The van der Waals surface area contributed by atoms with E-state index < -0.39 is 5.95 Å². The van der Waals surface area contributed by atoms with Crippen LogP contribution in [0, 0.1) is 5.95 Å². The van der Waals surface area contributed by atoms with E-state index in [1.807, 2.05) is 0 Å². The number of aromatic nitrogens is 2. The predicted octanol–water partition coefficient (Wildman–Crippen LogP) is 3.12. The van der Waals surface area contributed by atoms with Gasteiger partial charge in [0, 0.05) is 9.50 Å². The number of nitrogens with zero attached hydrogens (tertiary/aromatic N) is 1. The molecule has 0 fully saturated rings. The Morgan fingerprint density at radius 3 is 3.00 bits per heavy atom. The van der Waals surface area contributed by atoms with Crippen LogP contribution in [0.1, 0.15) is 0 Å². The summed E-state index contributed by atoms with van der Waals surface area (Å²) in [6.45, 7) is 0. The summed E-state index contributed by atoms with van der Waals surface area (Å²) in [6, 6.07) is 3.21. The van der Waals surface area contributed by atoms with Crippen molar-refractivity contribution in [1.29, 1.82) is 0 Å². The van der Waals surface area contributed by atoms with Crippen molar-refractivity contribution in [3.8, 4) is 0 Å². The molecule has 0 spiro atoms. The first-order valence-electron chi connectivity index (χ1n) is 3.17. The van der Waals surface area contributed by atoms with Gasteiger partial charge in [0.15, 0.2) is 0 Å². The molecule has 0 aliphatic rings. The molecule has 2 nitrogen and oxygen atoms in total. The molecule has 0 radical (unpaired) electrons. The van der Waals surface area contributed by atoms with Crippen LogP contribution in [0.15, 0.2) is 16.6 Å². The first-order chi connectivity index (χ1) is 5.68. The predicted molar refractivity (Wildman–Crippen MR) is 48.8 cm³/mol. The minimum Gasteiger partial charge on any atom is -0.274 e. The Morgan fingerprint density at radius 1 is 1.50 bits per heavy atom. The Balaban J connectivity index is 2.92. The van der Waals surface area contributed by atoms with E-state index in [-0.39, 0.29) is 0 Å². The van der Waals surface area contributed by atoms with Gasteiger partial charge in [-0.1, -0.05) is 11.6 Å². The van der Waals surface area contributed by atoms with Gasteiger partial charge in [0.2, 0.25) is 5.95 Å². The van der Waals surface area contributed by atoms with E-state index in [1.54, 1.807) is 6.07 Å². The van der Waals surface area contributed by atoms with Crippen LogP contribution in [0.3, 0.4) is 0 Å². The van der Waals surface area contributed by atoms with E-state index in [9.17, 15) is 4.39 Å². The zero-order valence-corrected chi connectivity index (χ0v) is 8.08. The molecule has 1 aromatic carbocycles. The van der Waals surface area contributed by atoms with Gasteiger partial charge in [0.05, 0.1) is 10.9 Å². The molecule has 5 heteroatoms. The van der Waals surface area contributed by atoms with Gasteiger partial charge in [-0.2, -0.15) is 4.39 Å². The van der Waals surface area contributed by atoms with Gasteiger partial charge >= 0.3 is 0 Å². The van der Waals surface area contributed by atoms with Crippen LogP contribution in [0.5, 0.6) is 0 Å². The molecule has 62 valence electrons. The Labute approximate surface area is 80.8 Å². The van der Waals surface area contributed by atoms with E-state index in [0.29, 0.717) is 20.4 Å². The summed E-state index contributed by atoms with van der Waals surface area (Å²) in [5.41, 5.74) is 0.622. The fourth-order valence-electron chi connectivity index (χ4n) is 1.02. The Kier molecular flexibility index (Phi) is 1.81. The van der Waals surface area contributed by atoms with Crippen LogP contribution >= 0.6 is 27.5 Å². The summed E-state index contributed by atoms with van der Waals surface area (Å²) in [4.78, 5) is 0. The molecule has 2 rings (SSSR count). The summed E-state index contributed by atoms with van der Waals surface area (Å²) in [6.07, 6.45) is 0. The van der Waals surface area contributed by atoms with Crippen molar-refractivity contribution in [3.05, 3.63) is 27.6 Å². The number of H-pyrrole nitrogens is 1. The highest BCUT2D eigenvalue weighted by Gasteiger charge is 2.08. The van der Waals surface area contributed by atoms with Gasteiger partial charge in [0.25, 0.3) is 0 Å². The van der Waals surface area contributed by atoms with Gasteiger partial charge in [0.1, 0.15) is 0 Å². The molecule has 0 aliphatic carbocycles. The smallest absolute Gasteiger partial charge is 0.240 e. The second-order valence-electron chi connectivity index (χ2n) is 2.32. The summed E-state index contributed by atoms with van der Waals surface area (Å²) in [7, 11) is 0. The fraction of sp³-hybridized carbons (Fsp3) is 0. The van der Waals surface area contributed by atoms with Crippen molar-refractivity contribution >= 4 is 38.4 Å². The monoisotopic (exact) mass is 248 g/mol. The maximum atomic E-state index is 12.9. The molecule has 0 unspecified atom stereocenters. The molecule has 0 saturated heterocycles. The highest BCUT2D eigenvalue weighted by molar-refractivity contribution is 9.10. The molecule has 1 aromatic heterocycles. The fourth-order valence-corrected chi connectivity index (χ4v) is 1.91. The molecule has 0 bridgehead atoms. The molecule has 0 atom stereocenters. The van der Waals surface area contributed by atoms with Gasteiger partial charge in [-0.25, -0.2) is 0 Å². The van der Waals surface area contributed by atoms with Crippen molar-refractivity contribution in [3.63, 3.8) is 0 Å². The number of hydrogen-bond donors (Lipinski definition) is 1. The number of rotatable bonds is 0. The summed E-state index contributed by atoms with van der Waals surface area (Å²) >= 11 is 8.95. The first-order valence-corrected chi connectivity index (χ1v) is 4.34. The highest BCUT2D eigenvalue weighted by atomic mass is 79.9. The molecule has 0 saturated carbocycles. The molecular formula is C7H3BrClFN2. The van der Waals surface area contributed by atoms with Crippen molar-refractivity contribution < 1.29 is 4.39 Å². The lowest BCUT2D eigenvalue weighted by molar-refractivity contribution is 0.588. The molecule has 0 aliphatic heterocycles. The van der Waals surface area contributed by atoms with Crippen LogP contribution in [0.2, 0.25) is 5.02 Å². The number of hydrogen-bond acceptors (Lipinski definition) is 1. The Morgan fingerprint density at radius 2 is 2.25 bits per heavy atom. The number of halogens is 3. The lowest BCUT2D eigenvalue weighted by Crippen LogP contribution is -1.73. The third-order valence-corrected chi connectivity index (χ3v) is 2.39. The van der Waals surface area contributed by atoms with Crippen LogP contribution in [-0.2, 0) is 0 Å². The lowest BCUT2D eigenvalue weighted by Gasteiger charge is -1.93. The van der Waals surface area contributed by atoms with Crippen LogP contribution < -0.4 is 0 Å². The summed E-state index contributed by atoms with van der Waals surface area (Å²) in [5.74, 6) is -0.534. The molecule has 12 heavy (non-hydrogen) atoms. The molecule has 0 amide bonds. The lowest BCUT2D eigenvalue weighted by atomic mass is 10.2. The standard InChI is InChI=1S/C7H3BrClFN2/c8-5-2-3(9)1-4-6(5)11-12-7(4)10/h1-2H,(H,11,12). The van der Waals surface area contributed by atoms with Crippen LogP contribution in [0.25, 0.3) is 10.9 Å². The van der Waals surface area contributed by atoms with E-state index in [0.717, 1.165) is 0 Å². The molecule has 2 aromatic rings. The minimum absolute atomic E-state index is 0.398. The topological polar surface area (TPSA) is 28.7 Å². The minimum atomic E-state index is -0.534. The van der Waals surface area contributed by atoms with E-state index in [1.165, 1.54) is 6.07 Å². The molecule has 1 N–H and O–H groups in total. The maximum absolute atomic E-state index is 12.9. The molecular weight excluding hydrogens is 246 g/mol. The van der Waals surface area contributed by atoms with E-state index >= 15 is 0 Å². The van der Waals surface area contributed by atoms with Crippen molar-refractivity contribution in [2.75, 3.05) is 0 Å². The molecule has 1 heterocycles. The van der Waals surface area contributed by atoms with Crippen LogP contribution in [0.4, 0.5) is 4.39 Å². The second kappa shape index (κ2) is 2.71. The number of fused-ring (bicyclic) bond motifs is 1. The number of aromatic amines is 1. The SMILES string of the molecule is Fc1n[nH]c2c(Br)cc(Cl)cc12.